The molecule has 1 aromatic carbocycles. The third-order valence-corrected chi connectivity index (χ3v) is 4.95. The molecule has 0 bridgehead atoms. The van der Waals surface area contributed by atoms with Gasteiger partial charge in [-0.3, -0.25) is 9.78 Å². The van der Waals surface area contributed by atoms with Gasteiger partial charge in [-0.15, -0.1) is 0 Å². The largest absolute Gasteiger partial charge is 0.363 e. The average Bonchev–Trinajstić information content (AvgIpc) is 3.43. The van der Waals surface area contributed by atoms with E-state index >= 15 is 4.39 Å². The molecule has 1 aliphatic heterocycles. The summed E-state index contributed by atoms with van der Waals surface area (Å²) in [6, 6.07) is 4.75. The van der Waals surface area contributed by atoms with Gasteiger partial charge in [0.2, 0.25) is 5.67 Å². The van der Waals surface area contributed by atoms with Crippen LogP contribution in [-0.4, -0.2) is 17.5 Å². The number of rotatable bonds is 3. The number of hydrogen-bond donors (Lipinski definition) is 1. The minimum Gasteiger partial charge on any atom is -0.363 e. The highest BCUT2D eigenvalue weighted by Crippen LogP contribution is 2.53. The topological polar surface area (TPSA) is 54.5 Å². The first-order chi connectivity index (χ1) is 12.4. The Morgan fingerprint density at radius 1 is 1.19 bits per heavy atom. The van der Waals surface area contributed by atoms with Gasteiger partial charge in [-0.25, -0.2) is 17.6 Å². The van der Waals surface area contributed by atoms with Crippen molar-refractivity contribution in [3.8, 4) is 0 Å². The van der Waals surface area contributed by atoms with E-state index in [9.17, 15) is 18.0 Å². The van der Waals surface area contributed by atoms with E-state index in [1.165, 1.54) is 18.3 Å². The molecule has 4 rings (SSSR count). The monoisotopic (exact) mass is 366 g/mol. The molecule has 1 aliphatic carbocycles. The van der Waals surface area contributed by atoms with Crippen LogP contribution >= 0.6 is 0 Å². The van der Waals surface area contributed by atoms with Gasteiger partial charge in [-0.2, -0.15) is 0 Å². The molecule has 136 valence electrons. The van der Waals surface area contributed by atoms with Crippen molar-refractivity contribution in [3.05, 3.63) is 64.7 Å². The molecule has 1 fully saturated rings. The average molecular weight is 366 g/mol. The number of carbonyl (C=O) groups excluding carboxylic acids is 1. The third kappa shape index (κ3) is 2.47. The van der Waals surface area contributed by atoms with Gasteiger partial charge < -0.3 is 10.1 Å². The Kier molecular flexibility index (Phi) is 3.76. The zero-order chi connectivity index (χ0) is 18.5. The van der Waals surface area contributed by atoms with Crippen molar-refractivity contribution in [2.24, 2.45) is 0 Å². The Hall–Kier alpha value is -2.48. The minimum atomic E-state index is -2.35. The summed E-state index contributed by atoms with van der Waals surface area (Å²) < 4.78 is 60.9. The van der Waals surface area contributed by atoms with Gasteiger partial charge in [0.05, 0.1) is 12.3 Å². The van der Waals surface area contributed by atoms with Crippen molar-refractivity contribution in [3.63, 3.8) is 0 Å². The molecular weight excluding hydrogens is 352 g/mol. The zero-order valence-corrected chi connectivity index (χ0v) is 13.5. The Bertz CT molecular complexity index is 901. The molecule has 0 unspecified atom stereocenters. The Balaban J connectivity index is 1.58. The molecule has 2 aromatic rings. The first-order valence-corrected chi connectivity index (χ1v) is 8.07. The number of nitrogens with zero attached hydrogens (tertiary/aromatic N) is 1. The van der Waals surface area contributed by atoms with Gasteiger partial charge >= 0.3 is 0 Å². The molecule has 0 radical (unpaired) electrons. The van der Waals surface area contributed by atoms with Crippen LogP contribution in [0.15, 0.2) is 30.5 Å². The maximum Gasteiger partial charge on any atom is 0.262 e. The highest BCUT2D eigenvalue weighted by molar-refractivity contribution is 5.87. The Morgan fingerprint density at radius 2 is 1.96 bits per heavy atom. The fourth-order valence-corrected chi connectivity index (χ4v) is 3.34. The zero-order valence-electron chi connectivity index (χ0n) is 13.5. The van der Waals surface area contributed by atoms with E-state index in [1.807, 2.05) is 0 Å². The second-order valence-electron chi connectivity index (χ2n) is 6.50. The lowest BCUT2D eigenvalue weighted by Crippen LogP contribution is -2.45. The Morgan fingerprint density at radius 3 is 2.69 bits per heavy atom. The summed E-state index contributed by atoms with van der Waals surface area (Å²) in [5.74, 6) is -5.35. The van der Waals surface area contributed by atoms with Crippen LogP contribution in [0.5, 0.6) is 0 Å². The lowest BCUT2D eigenvalue weighted by Gasteiger charge is -2.33. The molecule has 1 N–H and O–H groups in total. The van der Waals surface area contributed by atoms with E-state index < -0.39 is 41.2 Å². The molecule has 2 aliphatic rings. The number of epoxide rings is 1. The van der Waals surface area contributed by atoms with Crippen molar-refractivity contribution < 1.29 is 27.1 Å². The fraction of sp³-hybridized carbons (Fsp3) is 0.333. The van der Waals surface area contributed by atoms with E-state index in [1.54, 1.807) is 0 Å². The number of nitrogens with one attached hydrogen (secondary N) is 1. The summed E-state index contributed by atoms with van der Waals surface area (Å²) in [4.78, 5) is 16.7. The van der Waals surface area contributed by atoms with E-state index in [0.717, 1.165) is 12.1 Å². The minimum absolute atomic E-state index is 0.113. The number of aromatic nitrogens is 1. The smallest absolute Gasteiger partial charge is 0.262 e. The number of hydrogen-bond acceptors (Lipinski definition) is 3. The molecule has 4 nitrogen and oxygen atoms in total. The van der Waals surface area contributed by atoms with Crippen LogP contribution in [0, 0.1) is 17.5 Å². The van der Waals surface area contributed by atoms with Crippen molar-refractivity contribution in [2.75, 3.05) is 6.61 Å². The number of amides is 1. The predicted octanol–water partition coefficient (Wildman–Crippen LogP) is 3.00. The van der Waals surface area contributed by atoms with Crippen molar-refractivity contribution in [2.45, 2.75) is 30.7 Å². The number of benzene rings is 1. The van der Waals surface area contributed by atoms with E-state index in [2.05, 4.69) is 10.3 Å². The summed E-state index contributed by atoms with van der Waals surface area (Å²) in [7, 11) is 0. The third-order valence-electron chi connectivity index (χ3n) is 4.95. The van der Waals surface area contributed by atoms with Gasteiger partial charge in [0, 0.05) is 23.9 Å². The molecule has 1 amide bonds. The van der Waals surface area contributed by atoms with E-state index in [4.69, 9.17) is 4.74 Å². The predicted molar refractivity (Wildman–Crippen MR) is 82.0 cm³/mol. The maximum atomic E-state index is 15.5. The molecule has 1 aromatic heterocycles. The van der Waals surface area contributed by atoms with Crippen LogP contribution < -0.4 is 5.32 Å². The highest BCUT2D eigenvalue weighted by atomic mass is 19.2. The molecule has 26 heavy (non-hydrogen) atoms. The van der Waals surface area contributed by atoms with Gasteiger partial charge in [-0.1, -0.05) is 12.1 Å². The molecule has 0 saturated carbocycles. The van der Waals surface area contributed by atoms with Gasteiger partial charge in [0.1, 0.15) is 5.60 Å². The molecule has 2 atom stereocenters. The molecule has 1 spiro atoms. The normalized spacial score (nSPS) is 26.5. The number of halogens is 4. The first kappa shape index (κ1) is 17.0. The summed E-state index contributed by atoms with van der Waals surface area (Å²) in [5, 5.41) is 2.27. The van der Waals surface area contributed by atoms with E-state index in [-0.39, 0.29) is 17.5 Å². The number of carbonyl (C=O) groups is 1. The second-order valence-corrected chi connectivity index (χ2v) is 6.50. The number of ether oxygens (including phenoxy) is 1. The SMILES string of the molecule is O=C(NCc1ccc(F)c(F)c1F)[C@]1(F)CC[C@]2(CO2)c2ncccc21. The molecular formula is C18H14F4N2O2. The van der Waals surface area contributed by atoms with Crippen molar-refractivity contribution >= 4 is 5.91 Å². The van der Waals surface area contributed by atoms with Gasteiger partial charge in [0.15, 0.2) is 17.5 Å². The van der Waals surface area contributed by atoms with Crippen molar-refractivity contribution in [1.82, 2.24) is 10.3 Å². The summed E-state index contributed by atoms with van der Waals surface area (Å²) >= 11 is 0. The highest BCUT2D eigenvalue weighted by Gasteiger charge is 2.58. The van der Waals surface area contributed by atoms with Gasteiger partial charge in [-0.05, 0) is 25.0 Å². The lowest BCUT2D eigenvalue weighted by molar-refractivity contribution is -0.135. The van der Waals surface area contributed by atoms with Crippen LogP contribution in [0.1, 0.15) is 29.7 Å². The molecule has 1 saturated heterocycles. The molecule has 8 heteroatoms. The Labute approximate surface area is 146 Å². The van der Waals surface area contributed by atoms with Crippen molar-refractivity contribution in [1.29, 1.82) is 0 Å². The van der Waals surface area contributed by atoms with Crippen LogP contribution in [0.25, 0.3) is 0 Å². The second kappa shape index (κ2) is 5.77. The quantitative estimate of drug-likeness (QED) is 0.516. The summed E-state index contributed by atoms with van der Waals surface area (Å²) in [6.07, 6.45) is 1.68. The van der Waals surface area contributed by atoms with Crippen LogP contribution in [0.2, 0.25) is 0 Å². The van der Waals surface area contributed by atoms with Gasteiger partial charge in [0.25, 0.3) is 5.91 Å². The number of pyridine rings is 1. The number of alkyl halides is 1. The first-order valence-electron chi connectivity index (χ1n) is 8.07. The number of fused-ring (bicyclic) bond motifs is 2. The fourth-order valence-electron chi connectivity index (χ4n) is 3.34. The van der Waals surface area contributed by atoms with Crippen LogP contribution in [0.3, 0.4) is 0 Å². The summed E-state index contributed by atoms with van der Waals surface area (Å²) in [5.41, 5.74) is -2.74. The standard InChI is InChI=1S/C18H14F4N2O2/c19-12-4-3-10(13(20)14(12)21)8-24-16(25)18(22)6-5-17(9-26-17)15-11(18)2-1-7-23-15/h1-4,7H,5-6,8-9H2,(H,24,25)/t17-,18-/m0/s1. The lowest BCUT2D eigenvalue weighted by atomic mass is 9.77. The maximum absolute atomic E-state index is 15.5. The molecule has 2 heterocycles. The summed E-state index contributed by atoms with van der Waals surface area (Å²) in [6.45, 7) is -0.0421. The van der Waals surface area contributed by atoms with Crippen LogP contribution in [-0.2, 0) is 27.3 Å². The van der Waals surface area contributed by atoms with Crippen LogP contribution in [0.4, 0.5) is 17.6 Å². The van der Waals surface area contributed by atoms with E-state index in [0.29, 0.717) is 18.7 Å².